The van der Waals surface area contributed by atoms with Gasteiger partial charge in [-0.1, -0.05) is 20.4 Å². The highest BCUT2D eigenvalue weighted by atomic mass is 16.6. The van der Waals surface area contributed by atoms with E-state index in [0.29, 0.717) is 6.42 Å². The van der Waals surface area contributed by atoms with Crippen molar-refractivity contribution in [3.63, 3.8) is 0 Å². The summed E-state index contributed by atoms with van der Waals surface area (Å²) in [5.74, 6) is -2.67. The first kappa shape index (κ1) is 18.9. The van der Waals surface area contributed by atoms with Crippen LogP contribution in [0.3, 0.4) is 0 Å². The van der Waals surface area contributed by atoms with Crippen LogP contribution in [0.25, 0.3) is 0 Å². The first-order valence-corrected chi connectivity index (χ1v) is 9.71. The Kier molecular flexibility index (Phi) is 4.05. The monoisotopic (exact) mass is 380 g/mol. The van der Waals surface area contributed by atoms with Crippen LogP contribution in [0, 0.1) is 23.7 Å². The SMILES string of the molecule is C=C1C(=O)O[C@H]2[C@H]1[C@H](OC(=O)[C@H](C)CC)C[C@@](C)(O)[C@@H]1[C@H](O)[C@H]3O[C@@]3(C)[C@H]21. The molecule has 4 rings (SSSR count). The number of rotatable bonds is 3. The van der Waals surface area contributed by atoms with Gasteiger partial charge in [0.1, 0.15) is 23.9 Å². The summed E-state index contributed by atoms with van der Waals surface area (Å²) in [5, 5.41) is 22.0. The predicted octanol–water partition coefficient (Wildman–Crippen LogP) is 0.961. The van der Waals surface area contributed by atoms with Gasteiger partial charge in [-0.2, -0.15) is 0 Å². The van der Waals surface area contributed by atoms with E-state index < -0.39 is 53.2 Å². The van der Waals surface area contributed by atoms with E-state index >= 15 is 0 Å². The quantitative estimate of drug-likeness (QED) is 0.427. The summed E-state index contributed by atoms with van der Waals surface area (Å²) >= 11 is 0. The lowest BCUT2D eigenvalue weighted by atomic mass is 9.74. The standard InChI is InChI=1S/C20H28O7/c1-6-8(2)17(22)25-10-7-19(4,24)12-13(20(5)16(27-20)14(12)21)15-11(10)9(3)18(23)26-15/h8,10-16,21,24H,3,6-7H2,1-2,4-5H3/t8-,10-,11-,12+,13+,14+,15+,16-,19-,20+/m1/s1. The molecular weight excluding hydrogens is 352 g/mol. The Labute approximate surface area is 158 Å². The number of hydrogen-bond donors (Lipinski definition) is 2. The van der Waals surface area contributed by atoms with E-state index in [2.05, 4.69) is 6.58 Å². The average molecular weight is 380 g/mol. The van der Waals surface area contributed by atoms with Crippen molar-refractivity contribution in [2.75, 3.05) is 0 Å². The third kappa shape index (κ3) is 2.51. The highest BCUT2D eigenvalue weighted by Gasteiger charge is 2.78. The van der Waals surface area contributed by atoms with Crippen molar-refractivity contribution < 1.29 is 34.0 Å². The van der Waals surface area contributed by atoms with Gasteiger partial charge in [0.05, 0.1) is 23.5 Å². The zero-order valence-corrected chi connectivity index (χ0v) is 16.2. The second-order valence-electron chi connectivity index (χ2n) is 9.03. The van der Waals surface area contributed by atoms with Gasteiger partial charge in [0.25, 0.3) is 0 Å². The fraction of sp³-hybridized carbons (Fsp3) is 0.800. The molecule has 2 heterocycles. The van der Waals surface area contributed by atoms with Crippen molar-refractivity contribution in [3.05, 3.63) is 12.2 Å². The maximum atomic E-state index is 12.5. The van der Waals surface area contributed by atoms with Gasteiger partial charge < -0.3 is 24.4 Å². The third-order valence-electron chi connectivity index (χ3n) is 7.25. The summed E-state index contributed by atoms with van der Waals surface area (Å²) in [7, 11) is 0. The van der Waals surface area contributed by atoms with Gasteiger partial charge in [0, 0.05) is 23.8 Å². The predicted molar refractivity (Wildman–Crippen MR) is 93.4 cm³/mol. The first-order chi connectivity index (χ1) is 12.5. The van der Waals surface area contributed by atoms with Crippen LogP contribution < -0.4 is 0 Å². The molecule has 27 heavy (non-hydrogen) atoms. The highest BCUT2D eigenvalue weighted by Crippen LogP contribution is 2.64. The molecule has 0 amide bonds. The van der Waals surface area contributed by atoms with Gasteiger partial charge in [-0.3, -0.25) is 4.79 Å². The Bertz CT molecular complexity index is 700. The van der Waals surface area contributed by atoms with Crippen LogP contribution in [0.1, 0.15) is 40.5 Å². The number of esters is 2. The Morgan fingerprint density at radius 1 is 1.41 bits per heavy atom. The summed E-state index contributed by atoms with van der Waals surface area (Å²) < 4.78 is 17.1. The van der Waals surface area contributed by atoms with E-state index in [1.165, 1.54) is 0 Å². The fourth-order valence-electron chi connectivity index (χ4n) is 5.52. The number of carbonyl (C=O) groups excluding carboxylic acids is 2. The maximum Gasteiger partial charge on any atom is 0.334 e. The number of aliphatic hydroxyl groups is 2. The second kappa shape index (κ2) is 5.78. The van der Waals surface area contributed by atoms with Crippen molar-refractivity contribution in [1.29, 1.82) is 0 Å². The lowest BCUT2D eigenvalue weighted by Gasteiger charge is -2.38. The molecule has 0 aromatic rings. The van der Waals surface area contributed by atoms with Gasteiger partial charge in [-0.15, -0.1) is 0 Å². The summed E-state index contributed by atoms with van der Waals surface area (Å²) in [6.45, 7) is 11.1. The molecule has 2 N–H and O–H groups in total. The normalized spacial score (nSPS) is 51.6. The molecule has 7 heteroatoms. The summed E-state index contributed by atoms with van der Waals surface area (Å²) in [5.41, 5.74) is -1.72. The molecule has 2 aliphatic carbocycles. The van der Waals surface area contributed by atoms with Crippen molar-refractivity contribution >= 4 is 11.9 Å². The van der Waals surface area contributed by atoms with E-state index in [4.69, 9.17) is 14.2 Å². The van der Waals surface area contributed by atoms with Crippen molar-refractivity contribution in [2.24, 2.45) is 23.7 Å². The zero-order chi connectivity index (χ0) is 19.9. The molecule has 2 saturated heterocycles. The average Bonchev–Trinajstić information content (AvgIpc) is 3.14. The Balaban J connectivity index is 1.74. The molecule has 7 nitrogen and oxygen atoms in total. The van der Waals surface area contributed by atoms with E-state index in [-0.39, 0.29) is 30.0 Å². The maximum absolute atomic E-state index is 12.5. The molecule has 0 spiro atoms. The number of hydrogen-bond acceptors (Lipinski definition) is 7. The third-order valence-corrected chi connectivity index (χ3v) is 7.25. The van der Waals surface area contributed by atoms with Gasteiger partial charge >= 0.3 is 11.9 Å². The van der Waals surface area contributed by atoms with Crippen molar-refractivity contribution in [2.45, 2.75) is 76.2 Å². The van der Waals surface area contributed by atoms with Crippen molar-refractivity contribution in [1.82, 2.24) is 0 Å². The molecule has 4 aliphatic rings. The number of aliphatic hydroxyl groups excluding tert-OH is 1. The molecule has 0 unspecified atom stereocenters. The Morgan fingerprint density at radius 3 is 2.70 bits per heavy atom. The number of fused-ring (bicyclic) bond motifs is 5. The number of ether oxygens (including phenoxy) is 3. The Hall–Kier alpha value is -1.44. The van der Waals surface area contributed by atoms with Crippen LogP contribution in [0.15, 0.2) is 12.2 Å². The van der Waals surface area contributed by atoms with Gasteiger partial charge in [-0.25, -0.2) is 4.79 Å². The van der Waals surface area contributed by atoms with E-state index in [1.54, 1.807) is 13.8 Å². The highest BCUT2D eigenvalue weighted by molar-refractivity contribution is 5.91. The first-order valence-electron chi connectivity index (χ1n) is 9.71. The summed E-state index contributed by atoms with van der Waals surface area (Å²) in [6, 6.07) is 0. The molecule has 0 aromatic carbocycles. The summed E-state index contributed by atoms with van der Waals surface area (Å²) in [6.07, 6.45) is -1.91. The fourth-order valence-corrected chi connectivity index (χ4v) is 5.52. The summed E-state index contributed by atoms with van der Waals surface area (Å²) in [4.78, 5) is 24.8. The Morgan fingerprint density at radius 2 is 2.07 bits per heavy atom. The molecule has 10 atom stereocenters. The van der Waals surface area contributed by atoms with E-state index in [9.17, 15) is 19.8 Å². The molecule has 0 aromatic heterocycles. The van der Waals surface area contributed by atoms with Crippen LogP contribution in [0.4, 0.5) is 0 Å². The smallest absolute Gasteiger partial charge is 0.334 e. The van der Waals surface area contributed by atoms with Gasteiger partial charge in [0.15, 0.2) is 0 Å². The van der Waals surface area contributed by atoms with Crippen LogP contribution in [0.2, 0.25) is 0 Å². The largest absolute Gasteiger partial charge is 0.461 e. The second-order valence-corrected chi connectivity index (χ2v) is 9.03. The topological polar surface area (TPSA) is 106 Å². The van der Waals surface area contributed by atoms with Crippen LogP contribution in [-0.2, 0) is 23.8 Å². The minimum absolute atomic E-state index is 0.104. The van der Waals surface area contributed by atoms with Gasteiger partial charge in [-0.05, 0) is 20.3 Å². The minimum atomic E-state index is -1.30. The van der Waals surface area contributed by atoms with E-state index in [0.717, 1.165) is 0 Å². The van der Waals surface area contributed by atoms with Gasteiger partial charge in [0.2, 0.25) is 0 Å². The number of carbonyl (C=O) groups is 2. The molecule has 2 saturated carbocycles. The van der Waals surface area contributed by atoms with Crippen LogP contribution >= 0.6 is 0 Å². The lowest BCUT2D eigenvalue weighted by Crippen LogP contribution is -2.48. The van der Waals surface area contributed by atoms with E-state index in [1.807, 2.05) is 13.8 Å². The molecule has 0 bridgehead atoms. The minimum Gasteiger partial charge on any atom is -0.461 e. The molecular formula is C20H28O7. The molecule has 0 radical (unpaired) electrons. The number of epoxide rings is 1. The van der Waals surface area contributed by atoms with Crippen LogP contribution in [0.5, 0.6) is 0 Å². The van der Waals surface area contributed by atoms with Crippen LogP contribution in [-0.4, -0.2) is 57.8 Å². The molecule has 150 valence electrons. The molecule has 2 aliphatic heterocycles. The molecule has 4 fully saturated rings. The zero-order valence-electron chi connectivity index (χ0n) is 16.2. The lowest BCUT2D eigenvalue weighted by molar-refractivity contribution is -0.160. The van der Waals surface area contributed by atoms with Crippen molar-refractivity contribution in [3.8, 4) is 0 Å².